The molecule has 1 aromatic rings. The number of hydrogen-bond donors (Lipinski definition) is 2. The summed E-state index contributed by atoms with van der Waals surface area (Å²) in [7, 11) is 1.80. The van der Waals surface area contributed by atoms with Gasteiger partial charge in [-0.05, 0) is 38.8 Å². The van der Waals surface area contributed by atoms with E-state index in [9.17, 15) is 4.79 Å². The molecule has 180 valence electrons. The second-order valence-electron chi connectivity index (χ2n) is 7.83. The third-order valence-electron chi connectivity index (χ3n) is 5.74. The van der Waals surface area contributed by atoms with Gasteiger partial charge in [-0.1, -0.05) is 0 Å². The van der Waals surface area contributed by atoms with Gasteiger partial charge in [0.25, 0.3) is 0 Å². The Hall–Kier alpha value is -1.89. The molecule has 0 bridgehead atoms. The number of nitrogens with one attached hydrogen (secondary N) is 2. The lowest BCUT2D eigenvalue weighted by molar-refractivity contribution is 0.0963. The van der Waals surface area contributed by atoms with Crippen molar-refractivity contribution in [3.63, 3.8) is 0 Å². The highest BCUT2D eigenvalue weighted by atomic mass is 127. The number of carbonyl (C=O) groups is 1. The molecule has 10 nitrogen and oxygen atoms in total. The molecule has 11 heteroatoms. The Bertz CT molecular complexity index is 692. The second kappa shape index (κ2) is 14.3. The number of ether oxygens (including phenoxy) is 1. The zero-order valence-corrected chi connectivity index (χ0v) is 21.5. The fraction of sp³-hybridized carbons (Fsp3) is 0.714. The van der Waals surface area contributed by atoms with Crippen LogP contribution in [-0.4, -0.2) is 104 Å². The van der Waals surface area contributed by atoms with Crippen LogP contribution in [0.15, 0.2) is 23.5 Å². The number of aromatic nitrogens is 2. The van der Waals surface area contributed by atoms with Crippen LogP contribution in [0.4, 0.5) is 10.7 Å². The van der Waals surface area contributed by atoms with Crippen LogP contribution in [0.25, 0.3) is 0 Å². The molecule has 32 heavy (non-hydrogen) atoms. The average molecular weight is 560 g/mol. The van der Waals surface area contributed by atoms with E-state index >= 15 is 0 Å². The van der Waals surface area contributed by atoms with E-state index in [1.165, 1.54) is 0 Å². The number of aliphatic imine (C=N–C) groups is 1. The molecule has 0 aliphatic carbocycles. The molecule has 1 amide bonds. The van der Waals surface area contributed by atoms with Crippen LogP contribution in [-0.2, 0) is 4.74 Å². The normalized spacial score (nSPS) is 18.1. The first-order valence-electron chi connectivity index (χ1n) is 11.3. The lowest BCUT2D eigenvalue weighted by atomic mass is 10.1. The third-order valence-corrected chi connectivity index (χ3v) is 5.74. The van der Waals surface area contributed by atoms with E-state index in [1.807, 2.05) is 13.0 Å². The summed E-state index contributed by atoms with van der Waals surface area (Å²) < 4.78 is 5.08. The van der Waals surface area contributed by atoms with Crippen LogP contribution >= 0.6 is 24.0 Å². The van der Waals surface area contributed by atoms with E-state index in [0.29, 0.717) is 25.7 Å². The van der Waals surface area contributed by atoms with Gasteiger partial charge in [0.05, 0.1) is 6.61 Å². The lowest BCUT2D eigenvalue weighted by Gasteiger charge is -2.34. The number of carbonyl (C=O) groups excluding carboxylic acids is 1. The molecule has 3 heterocycles. The summed E-state index contributed by atoms with van der Waals surface area (Å²) in [5.74, 6) is 1.66. The molecule has 2 aliphatic rings. The largest absolute Gasteiger partial charge is 0.450 e. The van der Waals surface area contributed by atoms with Crippen molar-refractivity contribution in [2.24, 2.45) is 4.99 Å². The SMILES string of the molecule is CCOC(=O)N1CCC(NC(=NC)NCCCN2CCN(c3ncccn3)CC2)CC1.I. The van der Waals surface area contributed by atoms with Gasteiger partial charge < -0.3 is 25.2 Å². The molecule has 0 aromatic carbocycles. The molecule has 2 N–H and O–H groups in total. The van der Waals surface area contributed by atoms with Crippen molar-refractivity contribution in [2.75, 3.05) is 70.9 Å². The molecule has 0 atom stereocenters. The standard InChI is InChI=1S/C21H36N8O2.HI/c1-3-31-21(30)29-12-6-18(7-13-29)26-19(22-2)23-10-5-11-27-14-16-28(17-15-27)20-24-8-4-9-25-20;/h4,8-9,18H,3,5-7,10-17H2,1-2H3,(H2,22,23,26);1H. The van der Waals surface area contributed by atoms with Crippen LogP contribution in [0.3, 0.4) is 0 Å². The predicted molar refractivity (Wildman–Crippen MR) is 137 cm³/mol. The Morgan fingerprint density at radius 2 is 1.84 bits per heavy atom. The van der Waals surface area contributed by atoms with Gasteiger partial charge in [0, 0.05) is 71.3 Å². The number of anilines is 1. The van der Waals surface area contributed by atoms with E-state index in [-0.39, 0.29) is 30.1 Å². The molecule has 1 aromatic heterocycles. The Morgan fingerprint density at radius 1 is 1.16 bits per heavy atom. The van der Waals surface area contributed by atoms with Gasteiger partial charge in [-0.3, -0.25) is 9.89 Å². The van der Waals surface area contributed by atoms with E-state index in [4.69, 9.17) is 4.74 Å². The molecule has 0 saturated carbocycles. The van der Waals surface area contributed by atoms with E-state index < -0.39 is 0 Å². The zero-order valence-electron chi connectivity index (χ0n) is 19.2. The average Bonchev–Trinajstić information content (AvgIpc) is 2.82. The predicted octanol–water partition coefficient (Wildman–Crippen LogP) is 1.39. The molecule has 3 rings (SSSR count). The van der Waals surface area contributed by atoms with E-state index in [1.54, 1.807) is 24.3 Å². The minimum absolute atomic E-state index is 0. The summed E-state index contributed by atoms with van der Waals surface area (Å²) in [6.07, 6.45) is 6.24. The molecule has 2 aliphatic heterocycles. The first kappa shape index (κ1) is 26.4. The van der Waals surface area contributed by atoms with Crippen molar-refractivity contribution in [2.45, 2.75) is 32.2 Å². The molecule has 0 radical (unpaired) electrons. The van der Waals surface area contributed by atoms with Crippen LogP contribution < -0.4 is 15.5 Å². The Morgan fingerprint density at radius 3 is 2.47 bits per heavy atom. The van der Waals surface area contributed by atoms with E-state index in [2.05, 4.69) is 35.4 Å². The third kappa shape index (κ3) is 8.23. The highest BCUT2D eigenvalue weighted by Gasteiger charge is 2.24. The van der Waals surface area contributed by atoms with Crippen molar-refractivity contribution >= 4 is 42.0 Å². The maximum absolute atomic E-state index is 11.8. The van der Waals surface area contributed by atoms with Crippen molar-refractivity contribution in [3.05, 3.63) is 18.5 Å². The maximum atomic E-state index is 11.8. The van der Waals surface area contributed by atoms with Gasteiger partial charge in [-0.15, -0.1) is 24.0 Å². The first-order valence-corrected chi connectivity index (χ1v) is 11.3. The first-order chi connectivity index (χ1) is 15.2. The summed E-state index contributed by atoms with van der Waals surface area (Å²) in [5, 5.41) is 6.91. The van der Waals surface area contributed by atoms with Crippen LogP contribution in [0, 0.1) is 0 Å². The smallest absolute Gasteiger partial charge is 0.409 e. The van der Waals surface area contributed by atoms with Gasteiger partial charge in [-0.25, -0.2) is 14.8 Å². The zero-order chi connectivity index (χ0) is 21.9. The number of piperazine rings is 1. The van der Waals surface area contributed by atoms with E-state index in [0.717, 1.165) is 70.4 Å². The van der Waals surface area contributed by atoms with Gasteiger partial charge in [-0.2, -0.15) is 0 Å². The van der Waals surface area contributed by atoms with Gasteiger partial charge >= 0.3 is 6.09 Å². The molecular formula is C21H37IN8O2. The number of likely N-dealkylation sites (tertiary alicyclic amines) is 1. The summed E-state index contributed by atoms with van der Waals surface area (Å²) in [5.41, 5.74) is 0. The highest BCUT2D eigenvalue weighted by Crippen LogP contribution is 2.12. The summed E-state index contributed by atoms with van der Waals surface area (Å²) in [4.78, 5) is 31.4. The maximum Gasteiger partial charge on any atom is 0.409 e. The van der Waals surface area contributed by atoms with Crippen molar-refractivity contribution < 1.29 is 9.53 Å². The molecule has 0 unspecified atom stereocenters. The summed E-state index contributed by atoms with van der Waals surface area (Å²) in [6, 6.07) is 2.17. The number of amides is 1. The van der Waals surface area contributed by atoms with Gasteiger partial charge in [0.1, 0.15) is 0 Å². The number of rotatable bonds is 7. The van der Waals surface area contributed by atoms with Gasteiger partial charge in [0.2, 0.25) is 5.95 Å². The lowest BCUT2D eigenvalue weighted by Crippen LogP contribution is -2.50. The van der Waals surface area contributed by atoms with Crippen molar-refractivity contribution in [3.8, 4) is 0 Å². The molecule has 2 fully saturated rings. The minimum Gasteiger partial charge on any atom is -0.450 e. The van der Waals surface area contributed by atoms with Crippen LogP contribution in [0.1, 0.15) is 26.2 Å². The fourth-order valence-corrected chi connectivity index (χ4v) is 3.94. The Kier molecular flexibility index (Phi) is 11.8. The van der Waals surface area contributed by atoms with Crippen LogP contribution in [0.2, 0.25) is 0 Å². The summed E-state index contributed by atoms with van der Waals surface area (Å²) >= 11 is 0. The molecule has 0 spiro atoms. The monoisotopic (exact) mass is 560 g/mol. The number of guanidine groups is 1. The topological polar surface area (TPSA) is 98.2 Å². The van der Waals surface area contributed by atoms with Crippen LogP contribution in [0.5, 0.6) is 0 Å². The Labute approximate surface area is 208 Å². The number of nitrogens with zero attached hydrogens (tertiary/aromatic N) is 6. The van der Waals surface area contributed by atoms with Crippen molar-refractivity contribution in [1.82, 2.24) is 30.4 Å². The van der Waals surface area contributed by atoms with Crippen molar-refractivity contribution in [1.29, 1.82) is 0 Å². The minimum atomic E-state index is -0.208. The Balaban J connectivity index is 0.00000363. The summed E-state index contributed by atoms with van der Waals surface area (Å²) in [6.45, 7) is 9.62. The second-order valence-corrected chi connectivity index (χ2v) is 7.83. The number of piperidine rings is 1. The quantitative estimate of drug-likeness (QED) is 0.224. The molecule has 2 saturated heterocycles. The molecular weight excluding hydrogens is 523 g/mol. The fourth-order valence-electron chi connectivity index (χ4n) is 3.94. The number of hydrogen-bond acceptors (Lipinski definition) is 7. The number of halogens is 1. The van der Waals surface area contributed by atoms with Gasteiger partial charge in [0.15, 0.2) is 5.96 Å². The highest BCUT2D eigenvalue weighted by molar-refractivity contribution is 14.0.